The number of aromatic carboxylic acids is 1. The van der Waals surface area contributed by atoms with Crippen molar-refractivity contribution in [1.29, 1.82) is 0 Å². The van der Waals surface area contributed by atoms with Gasteiger partial charge in [-0.15, -0.1) is 0 Å². The van der Waals surface area contributed by atoms with Crippen molar-refractivity contribution < 1.29 is 23.1 Å². The van der Waals surface area contributed by atoms with Gasteiger partial charge in [0.15, 0.2) is 5.16 Å². The summed E-state index contributed by atoms with van der Waals surface area (Å²) in [5, 5.41) is 12.7. The molecule has 0 spiro atoms. The number of aromatic nitrogens is 4. The van der Waals surface area contributed by atoms with E-state index in [4.69, 9.17) is 5.11 Å². The first-order valence-electron chi connectivity index (χ1n) is 5.12. The second-order valence-electron chi connectivity index (χ2n) is 3.62. The largest absolute Gasteiger partial charge is 0.478 e. The molecule has 106 valence electrons. The molecule has 10 heteroatoms. The third kappa shape index (κ3) is 2.90. The fraction of sp³-hybridized carbons (Fsp3) is 0.200. The minimum absolute atomic E-state index is 0.235. The summed E-state index contributed by atoms with van der Waals surface area (Å²) >= 11 is 0.704. The van der Waals surface area contributed by atoms with Gasteiger partial charge in [-0.05, 0) is 23.9 Å². The van der Waals surface area contributed by atoms with Crippen molar-refractivity contribution in [1.82, 2.24) is 19.7 Å². The van der Waals surface area contributed by atoms with Gasteiger partial charge in [0.2, 0.25) is 0 Å². The smallest absolute Gasteiger partial charge is 0.433 e. The van der Waals surface area contributed by atoms with Crippen molar-refractivity contribution in [2.45, 2.75) is 16.4 Å². The molecular formula is C10H7F3N4O2S. The molecule has 0 radical (unpaired) electrons. The van der Waals surface area contributed by atoms with E-state index in [1.807, 2.05) is 0 Å². The highest BCUT2D eigenvalue weighted by Gasteiger charge is 2.33. The van der Waals surface area contributed by atoms with Crippen molar-refractivity contribution >= 4 is 17.7 Å². The predicted octanol–water partition coefficient (Wildman–Crippen LogP) is 2.08. The van der Waals surface area contributed by atoms with Crippen LogP contribution in [-0.2, 0) is 13.2 Å². The van der Waals surface area contributed by atoms with Crippen LogP contribution in [-0.4, -0.2) is 30.8 Å². The van der Waals surface area contributed by atoms with Gasteiger partial charge in [0.05, 0.1) is 5.56 Å². The Hall–Kier alpha value is -2.10. The maximum absolute atomic E-state index is 12.6. The van der Waals surface area contributed by atoms with Gasteiger partial charge >= 0.3 is 12.1 Å². The number of carboxylic acid groups (broad SMARTS) is 1. The van der Waals surface area contributed by atoms with Crippen molar-refractivity contribution in [3.63, 3.8) is 0 Å². The summed E-state index contributed by atoms with van der Waals surface area (Å²) in [6.07, 6.45) is -3.44. The molecule has 0 bridgehead atoms. The standard InChI is InChI=1S/C10H7F3N4O2S/c1-17-9(14-4-15-17)20-7-5(8(18)19)2-3-6(16-7)10(11,12)13/h2-4H,1H3,(H,18,19). The summed E-state index contributed by atoms with van der Waals surface area (Å²) in [4.78, 5) is 18.2. The Labute approximate surface area is 114 Å². The van der Waals surface area contributed by atoms with Crippen LogP contribution < -0.4 is 0 Å². The minimum atomic E-state index is -4.65. The van der Waals surface area contributed by atoms with E-state index in [1.165, 1.54) is 18.1 Å². The van der Waals surface area contributed by atoms with Crippen molar-refractivity contribution in [3.05, 3.63) is 29.7 Å². The number of hydrogen-bond acceptors (Lipinski definition) is 5. The Morgan fingerprint density at radius 3 is 2.60 bits per heavy atom. The molecule has 2 aromatic heterocycles. The monoisotopic (exact) mass is 304 g/mol. The van der Waals surface area contributed by atoms with Crippen molar-refractivity contribution in [3.8, 4) is 0 Å². The summed E-state index contributed by atoms with van der Waals surface area (Å²) in [5.41, 5.74) is -1.49. The summed E-state index contributed by atoms with van der Waals surface area (Å²) in [6.45, 7) is 0. The number of nitrogens with zero attached hydrogens (tertiary/aromatic N) is 4. The highest BCUT2D eigenvalue weighted by atomic mass is 32.2. The maximum Gasteiger partial charge on any atom is 0.433 e. The molecule has 6 nitrogen and oxygen atoms in total. The average Bonchev–Trinajstić information content (AvgIpc) is 2.73. The number of carbonyl (C=O) groups is 1. The van der Waals surface area contributed by atoms with Crippen LogP contribution in [0.5, 0.6) is 0 Å². The van der Waals surface area contributed by atoms with Crippen LogP contribution in [0.25, 0.3) is 0 Å². The van der Waals surface area contributed by atoms with E-state index in [-0.39, 0.29) is 15.7 Å². The molecule has 2 heterocycles. The Morgan fingerprint density at radius 2 is 2.10 bits per heavy atom. The van der Waals surface area contributed by atoms with E-state index < -0.39 is 17.8 Å². The molecule has 0 fully saturated rings. The predicted molar refractivity (Wildman–Crippen MR) is 61.3 cm³/mol. The van der Waals surface area contributed by atoms with Gasteiger partial charge < -0.3 is 5.11 Å². The zero-order valence-corrected chi connectivity index (χ0v) is 10.7. The van der Waals surface area contributed by atoms with E-state index in [0.29, 0.717) is 17.8 Å². The van der Waals surface area contributed by atoms with Crippen LogP contribution in [0.4, 0.5) is 13.2 Å². The van der Waals surface area contributed by atoms with Gasteiger partial charge in [0.25, 0.3) is 0 Å². The van der Waals surface area contributed by atoms with E-state index in [1.54, 1.807) is 0 Å². The highest BCUT2D eigenvalue weighted by Crippen LogP contribution is 2.32. The summed E-state index contributed by atoms with van der Waals surface area (Å²) in [5.74, 6) is -1.36. The van der Waals surface area contributed by atoms with Crippen molar-refractivity contribution in [2.24, 2.45) is 7.05 Å². The number of pyridine rings is 1. The van der Waals surface area contributed by atoms with Gasteiger partial charge in [-0.1, -0.05) is 0 Å². The molecule has 0 aliphatic rings. The zero-order valence-electron chi connectivity index (χ0n) is 9.92. The molecule has 0 unspecified atom stereocenters. The molecule has 2 rings (SSSR count). The first-order valence-corrected chi connectivity index (χ1v) is 5.94. The lowest BCUT2D eigenvalue weighted by atomic mass is 10.2. The number of hydrogen-bond donors (Lipinski definition) is 1. The fourth-order valence-corrected chi connectivity index (χ4v) is 2.16. The Kier molecular flexibility index (Phi) is 3.66. The second-order valence-corrected chi connectivity index (χ2v) is 4.58. The topological polar surface area (TPSA) is 80.9 Å². The number of aryl methyl sites for hydroxylation is 1. The first-order chi connectivity index (χ1) is 9.29. The molecule has 0 aliphatic carbocycles. The van der Waals surface area contributed by atoms with Gasteiger partial charge in [-0.25, -0.2) is 19.4 Å². The molecule has 0 aliphatic heterocycles. The molecule has 2 aromatic rings. The van der Waals surface area contributed by atoms with E-state index >= 15 is 0 Å². The molecule has 0 amide bonds. The van der Waals surface area contributed by atoms with Crippen LogP contribution >= 0.6 is 11.8 Å². The van der Waals surface area contributed by atoms with Gasteiger partial charge in [-0.3, -0.25) is 0 Å². The number of halogens is 3. The van der Waals surface area contributed by atoms with E-state index in [9.17, 15) is 18.0 Å². The second kappa shape index (κ2) is 5.12. The third-order valence-corrected chi connectivity index (χ3v) is 3.30. The van der Waals surface area contributed by atoms with E-state index in [0.717, 1.165) is 6.07 Å². The molecule has 0 saturated heterocycles. The first kappa shape index (κ1) is 14.3. The van der Waals surface area contributed by atoms with Gasteiger partial charge in [-0.2, -0.15) is 18.3 Å². The molecule has 1 N–H and O–H groups in total. The Morgan fingerprint density at radius 1 is 1.40 bits per heavy atom. The fourth-order valence-electron chi connectivity index (χ4n) is 1.30. The lowest BCUT2D eigenvalue weighted by molar-refractivity contribution is -0.141. The summed E-state index contributed by atoms with van der Waals surface area (Å²) in [7, 11) is 1.53. The van der Waals surface area contributed by atoms with Crippen molar-refractivity contribution in [2.75, 3.05) is 0 Å². The number of alkyl halides is 3. The minimum Gasteiger partial charge on any atom is -0.478 e. The summed E-state index contributed by atoms with van der Waals surface area (Å²) < 4.78 is 39.1. The Balaban J connectivity index is 2.47. The van der Waals surface area contributed by atoms with Crippen LogP contribution in [0.2, 0.25) is 0 Å². The molecule has 0 saturated carbocycles. The van der Waals surface area contributed by atoms with Crippen LogP contribution in [0.1, 0.15) is 16.1 Å². The molecule has 0 atom stereocenters. The number of carboxylic acids is 1. The third-order valence-electron chi connectivity index (χ3n) is 2.24. The van der Waals surface area contributed by atoms with Gasteiger partial charge in [0, 0.05) is 7.05 Å². The average molecular weight is 304 g/mol. The quantitative estimate of drug-likeness (QED) is 0.935. The molecule has 0 aromatic carbocycles. The van der Waals surface area contributed by atoms with Crippen LogP contribution in [0, 0.1) is 0 Å². The van der Waals surface area contributed by atoms with Crippen LogP contribution in [0.15, 0.2) is 28.6 Å². The molecule has 20 heavy (non-hydrogen) atoms. The zero-order chi connectivity index (χ0) is 14.9. The molecular weight excluding hydrogens is 297 g/mol. The number of rotatable bonds is 3. The van der Waals surface area contributed by atoms with E-state index in [2.05, 4.69) is 15.1 Å². The lowest BCUT2D eigenvalue weighted by Gasteiger charge is -2.09. The summed E-state index contributed by atoms with van der Waals surface area (Å²) in [6, 6.07) is 1.50. The van der Waals surface area contributed by atoms with Crippen LogP contribution in [0.3, 0.4) is 0 Å². The normalized spacial score (nSPS) is 11.6. The van der Waals surface area contributed by atoms with Gasteiger partial charge in [0.1, 0.15) is 17.0 Å². The maximum atomic E-state index is 12.6. The lowest BCUT2D eigenvalue weighted by Crippen LogP contribution is -2.11. The Bertz CT molecular complexity index is 656. The SMILES string of the molecule is Cn1ncnc1Sc1nc(C(F)(F)F)ccc1C(=O)O. The highest BCUT2D eigenvalue weighted by molar-refractivity contribution is 7.99.